The van der Waals surface area contributed by atoms with Crippen LogP contribution in [0.4, 0.5) is 4.79 Å². The van der Waals surface area contributed by atoms with Crippen molar-refractivity contribution in [2.24, 2.45) is 0 Å². The molecular weight excluding hydrogens is 480 g/mol. The smallest absolute Gasteiger partial charge is 0.293 e. The Balaban J connectivity index is 1.33. The number of para-hydroxylation sites is 1. The second-order valence-corrected chi connectivity index (χ2v) is 10.6. The largest absolute Gasteiger partial charge is 0.491 e. The number of hydrogen-bond acceptors (Lipinski definition) is 4. The minimum atomic E-state index is -0.271. The maximum absolute atomic E-state index is 13.2. The van der Waals surface area contributed by atoms with Gasteiger partial charge in [-0.25, -0.2) is 0 Å². The van der Waals surface area contributed by atoms with Crippen molar-refractivity contribution in [1.29, 1.82) is 0 Å². The molecule has 4 aromatic rings. The molecule has 1 aromatic heterocycles. The molecule has 0 radical (unpaired) electrons. The maximum atomic E-state index is 13.2. The number of carbonyl (C=O) groups is 2. The van der Waals surface area contributed by atoms with E-state index in [1.165, 1.54) is 10.5 Å². The number of thioether (sulfide) groups is 1. The summed E-state index contributed by atoms with van der Waals surface area (Å²) in [6.07, 6.45) is 3.90. The first-order chi connectivity index (χ1) is 17.9. The zero-order chi connectivity index (χ0) is 25.9. The molecule has 5 nitrogen and oxygen atoms in total. The standard InChI is InChI=1S/C31H30N2O3S/c1-21(2)25-14-13-22(3)17-28(25)36-16-15-33-30(34)29(37-31(33)35)18-24-20-32(19-23-9-5-4-6-10-23)27-12-8-7-11-26(24)27/h4-14,17-18,20-21H,15-16,19H2,1-3H3/b29-18-. The van der Waals surface area contributed by atoms with Crippen molar-refractivity contribution in [3.8, 4) is 5.75 Å². The van der Waals surface area contributed by atoms with Gasteiger partial charge < -0.3 is 9.30 Å². The highest BCUT2D eigenvalue weighted by Crippen LogP contribution is 2.34. The van der Waals surface area contributed by atoms with E-state index in [0.29, 0.717) is 10.8 Å². The molecule has 0 N–H and O–H groups in total. The Morgan fingerprint density at radius 2 is 1.73 bits per heavy atom. The van der Waals surface area contributed by atoms with Crippen molar-refractivity contribution in [3.63, 3.8) is 0 Å². The van der Waals surface area contributed by atoms with E-state index in [0.717, 1.165) is 51.6 Å². The van der Waals surface area contributed by atoms with Crippen molar-refractivity contribution in [2.75, 3.05) is 13.2 Å². The van der Waals surface area contributed by atoms with Gasteiger partial charge in [-0.15, -0.1) is 0 Å². The third-order valence-corrected chi connectivity index (χ3v) is 7.45. The molecule has 0 bridgehead atoms. The molecule has 3 aromatic carbocycles. The van der Waals surface area contributed by atoms with Crippen molar-refractivity contribution in [2.45, 2.75) is 33.2 Å². The maximum Gasteiger partial charge on any atom is 0.293 e. The number of hydrogen-bond donors (Lipinski definition) is 0. The molecular formula is C31H30N2O3S. The zero-order valence-corrected chi connectivity index (χ0v) is 22.1. The summed E-state index contributed by atoms with van der Waals surface area (Å²) in [5.74, 6) is 0.857. The van der Waals surface area contributed by atoms with Crippen molar-refractivity contribution in [1.82, 2.24) is 9.47 Å². The topological polar surface area (TPSA) is 51.5 Å². The Kier molecular flexibility index (Phi) is 7.19. The number of amides is 2. The summed E-state index contributed by atoms with van der Waals surface area (Å²) in [5, 5.41) is 0.787. The molecule has 6 heteroatoms. The fourth-order valence-electron chi connectivity index (χ4n) is 4.63. The van der Waals surface area contributed by atoms with Gasteiger partial charge in [0.1, 0.15) is 12.4 Å². The fourth-order valence-corrected chi connectivity index (χ4v) is 5.48. The van der Waals surface area contributed by atoms with Crippen LogP contribution in [-0.4, -0.2) is 33.8 Å². The summed E-state index contributed by atoms with van der Waals surface area (Å²) < 4.78 is 8.21. The summed E-state index contributed by atoms with van der Waals surface area (Å²) in [5.41, 5.74) is 5.44. The minimum Gasteiger partial charge on any atom is -0.491 e. The average molecular weight is 511 g/mol. The molecule has 188 valence electrons. The molecule has 2 amide bonds. The van der Waals surface area contributed by atoms with E-state index in [1.54, 1.807) is 0 Å². The summed E-state index contributed by atoms with van der Waals surface area (Å²) in [4.78, 5) is 27.6. The van der Waals surface area contributed by atoms with Crippen LogP contribution in [0.1, 0.15) is 42.0 Å². The number of nitrogens with zero attached hydrogens (tertiary/aromatic N) is 2. The Bertz CT molecular complexity index is 1490. The van der Waals surface area contributed by atoms with Crippen LogP contribution < -0.4 is 4.74 Å². The van der Waals surface area contributed by atoms with Crippen molar-refractivity contribution < 1.29 is 14.3 Å². The predicted octanol–water partition coefficient (Wildman–Crippen LogP) is 7.24. The lowest BCUT2D eigenvalue weighted by Crippen LogP contribution is -2.32. The van der Waals surface area contributed by atoms with Crippen LogP contribution in [0.2, 0.25) is 0 Å². The van der Waals surface area contributed by atoms with Crippen LogP contribution in [-0.2, 0) is 11.3 Å². The van der Waals surface area contributed by atoms with E-state index in [2.05, 4.69) is 61.0 Å². The number of aromatic nitrogens is 1. The van der Waals surface area contributed by atoms with Gasteiger partial charge in [0.25, 0.3) is 11.1 Å². The van der Waals surface area contributed by atoms with Gasteiger partial charge in [0.05, 0.1) is 11.4 Å². The number of rotatable bonds is 8. The Morgan fingerprint density at radius 3 is 2.51 bits per heavy atom. The molecule has 0 saturated carbocycles. The Labute approximate surface area is 221 Å². The predicted molar refractivity (Wildman–Crippen MR) is 151 cm³/mol. The number of fused-ring (bicyclic) bond motifs is 1. The van der Waals surface area contributed by atoms with Crippen LogP contribution >= 0.6 is 11.8 Å². The molecule has 1 aliphatic heterocycles. The molecule has 5 rings (SSSR count). The number of carbonyl (C=O) groups excluding carboxylic acids is 2. The SMILES string of the molecule is Cc1ccc(C(C)C)c(OCCN2C(=O)S/C(=C\c3cn(Cc4ccccc4)c4ccccc34)C2=O)c1. The lowest BCUT2D eigenvalue weighted by atomic mass is 10.0. The Morgan fingerprint density at radius 1 is 0.973 bits per heavy atom. The van der Waals surface area contributed by atoms with Gasteiger partial charge in [-0.05, 0) is 59.5 Å². The van der Waals surface area contributed by atoms with Gasteiger partial charge in [-0.3, -0.25) is 14.5 Å². The highest BCUT2D eigenvalue weighted by atomic mass is 32.2. The van der Waals surface area contributed by atoms with Crippen LogP contribution in [0.15, 0.2) is 83.9 Å². The van der Waals surface area contributed by atoms with Gasteiger partial charge in [0, 0.05) is 29.2 Å². The zero-order valence-electron chi connectivity index (χ0n) is 21.3. The Hall–Kier alpha value is -3.77. The monoisotopic (exact) mass is 510 g/mol. The van der Waals surface area contributed by atoms with Gasteiger partial charge in [-0.2, -0.15) is 0 Å². The third kappa shape index (κ3) is 5.35. The molecule has 0 unspecified atom stereocenters. The lowest BCUT2D eigenvalue weighted by Gasteiger charge is -2.17. The van der Waals surface area contributed by atoms with E-state index < -0.39 is 0 Å². The van der Waals surface area contributed by atoms with Crippen LogP contribution in [0.3, 0.4) is 0 Å². The van der Waals surface area contributed by atoms with Crippen molar-refractivity contribution in [3.05, 3.63) is 106 Å². The molecule has 37 heavy (non-hydrogen) atoms. The average Bonchev–Trinajstić information content (AvgIpc) is 3.36. The van der Waals surface area contributed by atoms with E-state index in [4.69, 9.17) is 4.74 Å². The third-order valence-electron chi connectivity index (χ3n) is 6.54. The summed E-state index contributed by atoms with van der Waals surface area (Å²) >= 11 is 0.989. The second-order valence-electron chi connectivity index (χ2n) is 9.59. The molecule has 0 atom stereocenters. The van der Waals surface area contributed by atoms with E-state index in [1.807, 2.05) is 49.4 Å². The van der Waals surface area contributed by atoms with Gasteiger partial charge in [-0.1, -0.05) is 74.5 Å². The van der Waals surface area contributed by atoms with Gasteiger partial charge in [0.2, 0.25) is 0 Å². The minimum absolute atomic E-state index is 0.212. The molecule has 1 fully saturated rings. The molecule has 2 heterocycles. The van der Waals surface area contributed by atoms with E-state index in [9.17, 15) is 9.59 Å². The first-order valence-corrected chi connectivity index (χ1v) is 13.3. The van der Waals surface area contributed by atoms with E-state index in [-0.39, 0.29) is 24.3 Å². The molecule has 1 aliphatic rings. The number of aryl methyl sites for hydroxylation is 1. The first-order valence-electron chi connectivity index (χ1n) is 12.5. The quantitative estimate of drug-likeness (QED) is 0.235. The van der Waals surface area contributed by atoms with Crippen LogP contribution in [0, 0.1) is 6.92 Å². The summed E-state index contributed by atoms with van der Waals surface area (Å²) in [7, 11) is 0. The normalized spacial score (nSPS) is 14.9. The number of imide groups is 1. The number of ether oxygens (including phenoxy) is 1. The molecule has 0 aliphatic carbocycles. The van der Waals surface area contributed by atoms with Crippen molar-refractivity contribution >= 4 is 39.9 Å². The molecule has 1 saturated heterocycles. The van der Waals surface area contributed by atoms with Gasteiger partial charge in [0.15, 0.2) is 0 Å². The van der Waals surface area contributed by atoms with Crippen LogP contribution in [0.25, 0.3) is 17.0 Å². The highest BCUT2D eigenvalue weighted by Gasteiger charge is 2.35. The fraction of sp³-hybridized carbons (Fsp3) is 0.226. The summed E-state index contributed by atoms with van der Waals surface area (Å²) in [6, 6.07) is 24.6. The summed E-state index contributed by atoms with van der Waals surface area (Å²) in [6.45, 7) is 7.46. The van der Waals surface area contributed by atoms with Gasteiger partial charge >= 0.3 is 0 Å². The van der Waals surface area contributed by atoms with E-state index >= 15 is 0 Å². The number of benzene rings is 3. The lowest BCUT2D eigenvalue weighted by molar-refractivity contribution is -0.123. The highest BCUT2D eigenvalue weighted by molar-refractivity contribution is 8.18. The second kappa shape index (κ2) is 10.7. The first kappa shape index (κ1) is 24.9. The van der Waals surface area contributed by atoms with Crippen LogP contribution in [0.5, 0.6) is 5.75 Å². The molecule has 0 spiro atoms.